The number of para-hydroxylation sites is 1. The van der Waals surface area contributed by atoms with Gasteiger partial charge in [-0.25, -0.2) is 0 Å². The van der Waals surface area contributed by atoms with Gasteiger partial charge in [0, 0.05) is 76.7 Å². The van der Waals surface area contributed by atoms with Crippen molar-refractivity contribution in [3.63, 3.8) is 0 Å². The number of H-pyrrole nitrogens is 2. The van der Waals surface area contributed by atoms with Gasteiger partial charge in [-0.2, -0.15) is 0 Å². The molecule has 0 amide bonds. The summed E-state index contributed by atoms with van der Waals surface area (Å²) in [6.45, 7) is 9.05. The summed E-state index contributed by atoms with van der Waals surface area (Å²) in [5.74, 6) is 0.692. The monoisotopic (exact) mass is 634 g/mol. The summed E-state index contributed by atoms with van der Waals surface area (Å²) in [5, 5.41) is 2.67. The molecule has 2 aromatic heterocycles. The molecule has 9 rings (SSSR count). The zero-order valence-electron chi connectivity index (χ0n) is 28.5. The molecular weight excluding hydrogens is 584 g/mol. The molecule has 1 aliphatic carbocycles. The fourth-order valence-corrected chi connectivity index (χ4v) is 10.9. The lowest BCUT2D eigenvalue weighted by Gasteiger charge is -2.49. The Morgan fingerprint density at radius 3 is 2.72 bits per heavy atom. The molecule has 0 radical (unpaired) electrons. The Bertz CT molecular complexity index is 1840. The number of nitrogens with one attached hydrogen (secondary N) is 2. The van der Waals surface area contributed by atoms with E-state index < -0.39 is 0 Å². The fraction of sp³-hybridized carbons (Fsp3) is 0.575. The number of fused-ring (bicyclic) bond motifs is 12. The van der Waals surface area contributed by atoms with Gasteiger partial charge in [-0.1, -0.05) is 50.6 Å². The minimum absolute atomic E-state index is 0.0455. The van der Waals surface area contributed by atoms with Gasteiger partial charge in [0.05, 0.1) is 25.2 Å². The molecule has 1 unspecified atom stereocenters. The number of esters is 1. The highest BCUT2D eigenvalue weighted by Crippen LogP contribution is 2.51. The van der Waals surface area contributed by atoms with Crippen molar-refractivity contribution in [2.75, 3.05) is 40.3 Å². The van der Waals surface area contributed by atoms with E-state index in [4.69, 9.17) is 9.47 Å². The highest BCUT2D eigenvalue weighted by molar-refractivity contribution is 5.87. The summed E-state index contributed by atoms with van der Waals surface area (Å²) in [5.41, 5.74) is 9.70. The van der Waals surface area contributed by atoms with Crippen LogP contribution in [0.25, 0.3) is 21.8 Å². The highest BCUT2D eigenvalue weighted by atomic mass is 16.6. The molecule has 0 saturated carbocycles. The van der Waals surface area contributed by atoms with Crippen molar-refractivity contribution in [3.05, 3.63) is 70.5 Å². The molecule has 0 spiro atoms. The number of hydrogen-bond donors (Lipinski definition) is 2. The zero-order chi connectivity index (χ0) is 32.0. The maximum atomic E-state index is 13.6. The van der Waals surface area contributed by atoms with Gasteiger partial charge in [-0.15, -0.1) is 0 Å². The Morgan fingerprint density at radius 1 is 1.04 bits per heavy atom. The number of epoxide rings is 1. The lowest BCUT2D eigenvalue weighted by molar-refractivity contribution is -0.155. The standard InChI is InChI=1S/C40H50N4O3/c1-5-23-20-43(3)34-19-30-25-9-7-8-10-31(25)42-37(30)29(18-28(23)36(34)39(45)46-4)24-11-12-26-27-14-16-44-21-35-38(47-35)40(6-2,22-44)15-13-32(27)41-33(26)17-24/h7-12,17,23,28-29,34-36,38,41-42H,5-6,13-16,18-22H2,1-4H3/t23-,28+,29+,34+,35-,36+,38-,40+/m1/s1. The van der Waals surface area contributed by atoms with E-state index in [9.17, 15) is 4.79 Å². The van der Waals surface area contributed by atoms with E-state index in [1.165, 1.54) is 69.3 Å². The highest BCUT2D eigenvalue weighted by Gasteiger charge is 2.58. The lowest BCUT2D eigenvalue weighted by atomic mass is 9.64. The maximum absolute atomic E-state index is 13.6. The van der Waals surface area contributed by atoms with E-state index in [1.54, 1.807) is 7.11 Å². The molecule has 5 aliphatic rings. The Labute approximate surface area is 278 Å². The van der Waals surface area contributed by atoms with Crippen LogP contribution in [0.15, 0.2) is 42.5 Å². The molecule has 4 bridgehead atoms. The van der Waals surface area contributed by atoms with Gasteiger partial charge in [-0.05, 0) is 86.2 Å². The van der Waals surface area contributed by atoms with Gasteiger partial charge >= 0.3 is 5.97 Å². The van der Waals surface area contributed by atoms with Gasteiger partial charge in [0.2, 0.25) is 0 Å². The molecular formula is C40H50N4O3. The largest absolute Gasteiger partial charge is 0.469 e. The summed E-state index contributed by atoms with van der Waals surface area (Å²) in [7, 11) is 3.78. The average molecular weight is 635 g/mol. The maximum Gasteiger partial charge on any atom is 0.310 e. The van der Waals surface area contributed by atoms with Crippen LogP contribution < -0.4 is 0 Å². The van der Waals surface area contributed by atoms with Crippen molar-refractivity contribution >= 4 is 27.8 Å². The van der Waals surface area contributed by atoms with Crippen molar-refractivity contribution < 1.29 is 14.3 Å². The SMILES string of the molecule is CC[C@@H]1CN(C)[C@H]2Cc3c([nH]c4ccccc34)[C@H](c3ccc4c5c([nH]c4c3)CC[C@@]3(CC)CN(CC5)C[C@H]4O[C@H]43)C[C@@H]1[C@@H]2C(=O)OC. The number of ether oxygens (including phenoxy) is 2. The van der Waals surface area contributed by atoms with Crippen LogP contribution in [0.2, 0.25) is 0 Å². The number of carbonyl (C=O) groups is 1. The third-order valence-electron chi connectivity index (χ3n) is 13.5. The van der Waals surface area contributed by atoms with Crippen LogP contribution in [-0.2, 0) is 33.5 Å². The number of likely N-dealkylation sites (tertiary alicyclic amines) is 1. The van der Waals surface area contributed by atoms with Crippen molar-refractivity contribution in [2.24, 2.45) is 23.2 Å². The minimum atomic E-state index is -0.138. The van der Waals surface area contributed by atoms with Gasteiger partial charge < -0.3 is 24.3 Å². The number of hydrogen-bond acceptors (Lipinski definition) is 5. The number of rotatable bonds is 4. The van der Waals surface area contributed by atoms with Crippen LogP contribution >= 0.6 is 0 Å². The van der Waals surface area contributed by atoms with Crippen LogP contribution in [0, 0.1) is 23.2 Å². The summed E-state index contributed by atoms with van der Waals surface area (Å²) >= 11 is 0. The Balaban J connectivity index is 1.15. The van der Waals surface area contributed by atoms with E-state index in [0.717, 1.165) is 51.7 Å². The molecule has 4 aromatic rings. The van der Waals surface area contributed by atoms with Crippen LogP contribution in [0.3, 0.4) is 0 Å². The number of benzene rings is 2. The Kier molecular flexibility index (Phi) is 7.15. The third kappa shape index (κ3) is 4.67. The van der Waals surface area contributed by atoms with E-state index >= 15 is 0 Å². The molecule has 6 heterocycles. The lowest BCUT2D eigenvalue weighted by Crippen LogP contribution is -2.56. The van der Waals surface area contributed by atoms with Crippen LogP contribution in [0.4, 0.5) is 0 Å². The molecule has 3 saturated heterocycles. The normalized spacial score (nSPS) is 35.1. The van der Waals surface area contributed by atoms with Gasteiger partial charge in [0.1, 0.15) is 0 Å². The van der Waals surface area contributed by atoms with E-state index in [0.29, 0.717) is 18.1 Å². The summed E-state index contributed by atoms with van der Waals surface area (Å²) in [6.07, 6.45) is 8.27. The second kappa shape index (κ2) is 11.2. The first-order chi connectivity index (χ1) is 22.9. The molecule has 2 N–H and O–H groups in total. The molecule has 47 heavy (non-hydrogen) atoms. The first-order valence-electron chi connectivity index (χ1n) is 18.3. The van der Waals surface area contributed by atoms with Gasteiger partial charge in [0.25, 0.3) is 0 Å². The number of likely N-dealkylation sites (N-methyl/N-ethyl adjacent to an activating group) is 1. The number of aromatic nitrogens is 2. The van der Waals surface area contributed by atoms with Crippen LogP contribution in [0.1, 0.15) is 73.5 Å². The van der Waals surface area contributed by atoms with E-state index in [1.807, 2.05) is 0 Å². The number of aryl methyl sites for hydroxylation is 1. The third-order valence-corrected chi connectivity index (χ3v) is 13.5. The predicted octanol–water partition coefficient (Wildman–Crippen LogP) is 6.44. The van der Waals surface area contributed by atoms with Gasteiger partial charge in [-0.3, -0.25) is 9.69 Å². The predicted molar refractivity (Wildman–Crippen MR) is 186 cm³/mol. The number of carbonyl (C=O) groups excluding carboxylic acids is 1. The Morgan fingerprint density at radius 2 is 1.89 bits per heavy atom. The second-order valence-corrected chi connectivity index (χ2v) is 15.6. The van der Waals surface area contributed by atoms with E-state index in [2.05, 4.69) is 83.1 Å². The molecule has 7 heteroatoms. The van der Waals surface area contributed by atoms with Crippen molar-refractivity contribution in [1.29, 1.82) is 0 Å². The van der Waals surface area contributed by atoms with Crippen LogP contribution in [0.5, 0.6) is 0 Å². The molecule has 3 fully saturated rings. The first-order valence-corrected chi connectivity index (χ1v) is 18.3. The fourth-order valence-electron chi connectivity index (χ4n) is 10.9. The Hall–Kier alpha value is -3.13. The van der Waals surface area contributed by atoms with Crippen molar-refractivity contribution in [2.45, 2.75) is 83.0 Å². The molecule has 9 atom stereocenters. The zero-order valence-corrected chi connectivity index (χ0v) is 28.5. The van der Waals surface area contributed by atoms with Crippen LogP contribution in [-0.4, -0.2) is 84.3 Å². The summed E-state index contributed by atoms with van der Waals surface area (Å²) in [4.78, 5) is 26.7. The summed E-state index contributed by atoms with van der Waals surface area (Å²) < 4.78 is 11.8. The summed E-state index contributed by atoms with van der Waals surface area (Å²) in [6, 6.07) is 16.1. The minimum Gasteiger partial charge on any atom is -0.469 e. The number of methoxy groups -OCH3 is 1. The quantitative estimate of drug-likeness (QED) is 0.200. The molecule has 4 aliphatic heterocycles. The van der Waals surface area contributed by atoms with Gasteiger partial charge in [0.15, 0.2) is 0 Å². The number of nitrogens with zero attached hydrogens (tertiary/aromatic N) is 2. The average Bonchev–Trinajstić information content (AvgIpc) is 3.67. The molecule has 7 nitrogen and oxygen atoms in total. The number of piperidine rings is 2. The van der Waals surface area contributed by atoms with E-state index in [-0.39, 0.29) is 35.2 Å². The second-order valence-electron chi connectivity index (χ2n) is 15.6. The molecule has 2 aromatic carbocycles. The van der Waals surface area contributed by atoms with Crippen molar-refractivity contribution in [1.82, 2.24) is 19.8 Å². The first kappa shape index (κ1) is 30.0. The number of aromatic amines is 2. The smallest absolute Gasteiger partial charge is 0.310 e. The molecule has 248 valence electrons. The topological polar surface area (TPSA) is 76.9 Å². The van der Waals surface area contributed by atoms with Crippen molar-refractivity contribution in [3.8, 4) is 0 Å².